The molecule has 4 N–H and O–H groups in total. The predicted molar refractivity (Wildman–Crippen MR) is 57.0 cm³/mol. The van der Waals surface area contributed by atoms with Crippen molar-refractivity contribution in [1.82, 2.24) is 5.32 Å². The molecule has 98 valence electrons. The zero-order valence-corrected chi connectivity index (χ0v) is 8.98. The van der Waals surface area contributed by atoms with E-state index >= 15 is 0 Å². The second kappa shape index (κ2) is 5.92. The Morgan fingerprint density at radius 1 is 1.28 bits per heavy atom. The van der Waals surface area contributed by atoms with Crippen molar-refractivity contribution in [3.05, 3.63) is 29.8 Å². The maximum Gasteiger partial charge on any atom is 0.328 e. The first-order valence-corrected chi connectivity index (χ1v) is 4.81. The van der Waals surface area contributed by atoms with Gasteiger partial charge in [0.05, 0.1) is 6.61 Å². The highest BCUT2D eigenvalue weighted by Gasteiger charge is 2.20. The summed E-state index contributed by atoms with van der Waals surface area (Å²) in [4.78, 5) is 21.8. The molecule has 0 heterocycles. The van der Waals surface area contributed by atoms with E-state index in [0.29, 0.717) is 0 Å². The molecule has 1 rings (SSSR count). The quantitative estimate of drug-likeness (QED) is 0.634. The fraction of sp³-hybridized carbons (Fsp3) is 0.200. The molecule has 1 aromatic carbocycles. The minimum absolute atomic E-state index is 0.697. The summed E-state index contributed by atoms with van der Waals surface area (Å²) < 4.78 is 26.3. The second-order valence-electron chi connectivity index (χ2n) is 3.27. The second-order valence-corrected chi connectivity index (χ2v) is 3.27. The molecule has 1 atom stereocenters. The van der Waals surface area contributed by atoms with Crippen molar-refractivity contribution in [2.45, 2.75) is 6.04 Å². The number of carbonyl (C=O) groups excluding carboxylic acids is 1. The molecule has 1 aromatic rings. The maximum atomic E-state index is 13.1. The third-order valence-electron chi connectivity index (χ3n) is 1.99. The number of benzene rings is 1. The van der Waals surface area contributed by atoms with Gasteiger partial charge in [0.1, 0.15) is 17.3 Å². The average Bonchev–Trinajstić information content (AvgIpc) is 2.30. The molecule has 0 aliphatic heterocycles. The van der Waals surface area contributed by atoms with Gasteiger partial charge in [0.2, 0.25) is 0 Å². The maximum absolute atomic E-state index is 13.1. The third-order valence-corrected chi connectivity index (χ3v) is 1.99. The monoisotopic (exact) mass is 260 g/mol. The summed E-state index contributed by atoms with van der Waals surface area (Å²) >= 11 is 0. The highest BCUT2D eigenvalue weighted by atomic mass is 19.1. The molecule has 0 radical (unpaired) electrons. The van der Waals surface area contributed by atoms with Crippen molar-refractivity contribution in [3.8, 4) is 0 Å². The van der Waals surface area contributed by atoms with Gasteiger partial charge in [-0.2, -0.15) is 0 Å². The molecule has 8 heteroatoms. The Morgan fingerprint density at radius 3 is 2.28 bits per heavy atom. The van der Waals surface area contributed by atoms with E-state index in [-0.39, 0.29) is 0 Å². The van der Waals surface area contributed by atoms with Crippen LogP contribution in [0.25, 0.3) is 0 Å². The summed E-state index contributed by atoms with van der Waals surface area (Å²) in [6.07, 6.45) is 0. The van der Waals surface area contributed by atoms with Crippen LogP contribution < -0.4 is 10.6 Å². The Labute approximate surface area is 100 Å². The fourth-order valence-corrected chi connectivity index (χ4v) is 1.11. The van der Waals surface area contributed by atoms with Gasteiger partial charge < -0.3 is 20.8 Å². The van der Waals surface area contributed by atoms with Crippen LogP contribution in [0.5, 0.6) is 0 Å². The number of urea groups is 1. The Bertz CT molecular complexity index is 447. The fourth-order valence-electron chi connectivity index (χ4n) is 1.11. The van der Waals surface area contributed by atoms with Crippen molar-refractivity contribution in [2.24, 2.45) is 0 Å². The number of amides is 2. The van der Waals surface area contributed by atoms with Gasteiger partial charge in [-0.3, -0.25) is 0 Å². The Morgan fingerprint density at radius 2 is 1.83 bits per heavy atom. The molecule has 0 bridgehead atoms. The third kappa shape index (κ3) is 3.39. The first-order valence-electron chi connectivity index (χ1n) is 4.81. The van der Waals surface area contributed by atoms with Gasteiger partial charge in [-0.1, -0.05) is 6.07 Å². The molecule has 0 aliphatic carbocycles. The van der Waals surface area contributed by atoms with E-state index in [0.717, 1.165) is 18.2 Å². The van der Waals surface area contributed by atoms with Crippen molar-refractivity contribution in [3.63, 3.8) is 0 Å². The van der Waals surface area contributed by atoms with E-state index in [4.69, 9.17) is 10.2 Å². The lowest BCUT2D eigenvalue weighted by Crippen LogP contribution is -2.45. The molecule has 0 saturated heterocycles. The standard InChI is InChI=1S/C10H10F2N2O4/c11-5-2-1-3-6(12)8(5)14-10(18)13-7(4-15)9(16)17/h1-3,7,15H,4H2,(H,16,17)(H2,13,14,18)/t7-/m1/s1. The molecule has 0 aromatic heterocycles. The summed E-state index contributed by atoms with van der Waals surface area (Å²) in [5.41, 5.74) is -0.697. The summed E-state index contributed by atoms with van der Waals surface area (Å²) in [6.45, 7) is -0.845. The molecule has 6 nitrogen and oxygen atoms in total. The van der Waals surface area contributed by atoms with E-state index in [2.05, 4.69) is 0 Å². The molecule has 0 saturated carbocycles. The topological polar surface area (TPSA) is 98.7 Å². The molecule has 2 amide bonds. The smallest absolute Gasteiger partial charge is 0.328 e. The van der Waals surface area contributed by atoms with Crippen LogP contribution in [0.15, 0.2) is 18.2 Å². The van der Waals surface area contributed by atoms with E-state index in [9.17, 15) is 18.4 Å². The molecule has 0 fully saturated rings. The zero-order valence-electron chi connectivity index (χ0n) is 8.98. The first kappa shape index (κ1) is 13.8. The van der Waals surface area contributed by atoms with Crippen LogP contribution in [0, 0.1) is 11.6 Å². The van der Waals surface area contributed by atoms with Gasteiger partial charge in [0.15, 0.2) is 6.04 Å². The lowest BCUT2D eigenvalue weighted by molar-refractivity contribution is -0.140. The number of rotatable bonds is 4. The molecular weight excluding hydrogens is 250 g/mol. The number of anilines is 1. The van der Waals surface area contributed by atoms with Gasteiger partial charge in [-0.05, 0) is 12.1 Å². The van der Waals surface area contributed by atoms with E-state index < -0.39 is 42.0 Å². The van der Waals surface area contributed by atoms with Crippen LogP contribution in [-0.4, -0.2) is 34.9 Å². The van der Waals surface area contributed by atoms with Gasteiger partial charge in [-0.25, -0.2) is 18.4 Å². The number of carboxylic acid groups (broad SMARTS) is 1. The van der Waals surface area contributed by atoms with Crippen molar-refractivity contribution in [1.29, 1.82) is 0 Å². The summed E-state index contributed by atoms with van der Waals surface area (Å²) in [7, 11) is 0. The molecule has 18 heavy (non-hydrogen) atoms. The van der Waals surface area contributed by atoms with E-state index in [1.165, 1.54) is 0 Å². The number of aliphatic hydroxyl groups is 1. The van der Waals surface area contributed by atoms with Gasteiger partial charge >= 0.3 is 12.0 Å². The van der Waals surface area contributed by atoms with Crippen LogP contribution in [0.3, 0.4) is 0 Å². The summed E-state index contributed by atoms with van der Waals surface area (Å²) in [5, 5.41) is 20.9. The van der Waals surface area contributed by atoms with Gasteiger partial charge in [0, 0.05) is 0 Å². The SMILES string of the molecule is O=C(Nc1c(F)cccc1F)N[C@H](CO)C(=O)O. The Kier molecular flexibility index (Phi) is 4.55. The highest BCUT2D eigenvalue weighted by Crippen LogP contribution is 2.17. The van der Waals surface area contributed by atoms with Gasteiger partial charge in [0.25, 0.3) is 0 Å². The molecule has 0 spiro atoms. The number of aliphatic carboxylic acids is 1. The average molecular weight is 260 g/mol. The Balaban J connectivity index is 2.73. The lowest BCUT2D eigenvalue weighted by Gasteiger charge is -2.13. The number of aliphatic hydroxyl groups excluding tert-OH is 1. The molecule has 0 aliphatic rings. The molecule has 0 unspecified atom stereocenters. The summed E-state index contributed by atoms with van der Waals surface area (Å²) in [6, 6.07) is 0.278. The number of nitrogens with one attached hydrogen (secondary N) is 2. The van der Waals surface area contributed by atoms with Crippen LogP contribution in [-0.2, 0) is 4.79 Å². The van der Waals surface area contributed by atoms with Crippen molar-refractivity contribution in [2.75, 3.05) is 11.9 Å². The van der Waals surface area contributed by atoms with Crippen molar-refractivity contribution < 1.29 is 28.6 Å². The highest BCUT2D eigenvalue weighted by molar-refractivity contribution is 5.92. The number of carboxylic acids is 1. The van der Waals surface area contributed by atoms with Gasteiger partial charge in [-0.15, -0.1) is 0 Å². The predicted octanol–water partition coefficient (Wildman–Crippen LogP) is 0.532. The number of hydrogen-bond donors (Lipinski definition) is 4. The molecular formula is C10H10F2N2O4. The first-order chi connectivity index (χ1) is 8.45. The summed E-state index contributed by atoms with van der Waals surface area (Å²) in [5.74, 6) is -3.47. The number of halogens is 2. The minimum Gasteiger partial charge on any atom is -0.480 e. The minimum atomic E-state index is -1.56. The van der Waals surface area contributed by atoms with Crippen LogP contribution in [0.4, 0.5) is 19.3 Å². The van der Waals surface area contributed by atoms with Crippen LogP contribution in [0.1, 0.15) is 0 Å². The number of para-hydroxylation sites is 1. The van der Waals surface area contributed by atoms with E-state index in [1.807, 2.05) is 10.6 Å². The normalized spacial score (nSPS) is 11.7. The van der Waals surface area contributed by atoms with E-state index in [1.54, 1.807) is 0 Å². The zero-order chi connectivity index (χ0) is 13.7. The Hall–Kier alpha value is -2.22. The van der Waals surface area contributed by atoms with Crippen molar-refractivity contribution >= 4 is 17.7 Å². The largest absolute Gasteiger partial charge is 0.480 e. The van der Waals surface area contributed by atoms with Crippen LogP contribution in [0.2, 0.25) is 0 Å². The number of carbonyl (C=O) groups is 2. The van der Waals surface area contributed by atoms with Crippen LogP contribution >= 0.6 is 0 Å². The lowest BCUT2D eigenvalue weighted by atomic mass is 10.3. The number of hydrogen-bond acceptors (Lipinski definition) is 3.